The van der Waals surface area contributed by atoms with Crippen molar-refractivity contribution in [3.63, 3.8) is 0 Å². The Labute approximate surface area is 168 Å². The number of piperazine rings is 1. The molecule has 1 saturated heterocycles. The van der Waals surface area contributed by atoms with Crippen LogP contribution in [0.25, 0.3) is 0 Å². The fourth-order valence-corrected chi connectivity index (χ4v) is 3.08. The minimum atomic E-state index is -0.190. The fraction of sp³-hybridized carbons (Fsp3) is 0.250. The third-order valence-corrected chi connectivity index (χ3v) is 4.77. The Morgan fingerprint density at radius 2 is 1.68 bits per heavy atom. The zero-order valence-electron chi connectivity index (χ0n) is 15.2. The predicted octanol–water partition coefficient (Wildman–Crippen LogP) is 3.00. The van der Waals surface area contributed by atoms with Crippen molar-refractivity contribution in [3.8, 4) is 6.07 Å². The SMILES string of the molecule is N#Cc1ccc(NC(=O)N2CCN(CC(=O)Nc3ccccc3Cl)CC2)cc1. The van der Waals surface area contributed by atoms with Gasteiger partial charge >= 0.3 is 6.03 Å². The van der Waals surface area contributed by atoms with Gasteiger partial charge in [-0.2, -0.15) is 5.26 Å². The number of hydrogen-bond donors (Lipinski definition) is 2. The number of benzene rings is 2. The van der Waals surface area contributed by atoms with Crippen molar-refractivity contribution in [3.05, 3.63) is 59.1 Å². The molecule has 7 nitrogen and oxygen atoms in total. The third-order valence-electron chi connectivity index (χ3n) is 4.44. The average molecular weight is 398 g/mol. The van der Waals surface area contributed by atoms with Crippen LogP contribution >= 0.6 is 11.6 Å². The molecule has 3 rings (SSSR count). The zero-order valence-corrected chi connectivity index (χ0v) is 15.9. The molecule has 0 aliphatic carbocycles. The number of carbonyl (C=O) groups excluding carboxylic acids is 2. The highest BCUT2D eigenvalue weighted by molar-refractivity contribution is 6.33. The summed E-state index contributed by atoms with van der Waals surface area (Å²) < 4.78 is 0. The van der Waals surface area contributed by atoms with Crippen LogP contribution in [0.2, 0.25) is 5.02 Å². The maximum atomic E-state index is 12.4. The van der Waals surface area contributed by atoms with E-state index in [1.165, 1.54) is 0 Å². The number of anilines is 2. The summed E-state index contributed by atoms with van der Waals surface area (Å²) in [6.45, 7) is 2.52. The van der Waals surface area contributed by atoms with Crippen molar-refractivity contribution in [1.82, 2.24) is 9.80 Å². The van der Waals surface area contributed by atoms with E-state index in [2.05, 4.69) is 10.6 Å². The highest BCUT2D eigenvalue weighted by Gasteiger charge is 2.22. The second-order valence-electron chi connectivity index (χ2n) is 6.41. The van der Waals surface area contributed by atoms with Gasteiger partial charge in [-0.05, 0) is 36.4 Å². The Kier molecular flexibility index (Phi) is 6.48. The minimum absolute atomic E-state index is 0.136. The standard InChI is InChI=1S/C20H20ClN5O2/c21-17-3-1-2-4-18(17)24-19(27)14-25-9-11-26(12-10-25)20(28)23-16-7-5-15(13-22)6-8-16/h1-8H,9-12,14H2,(H,23,28)(H,24,27). The Morgan fingerprint density at radius 3 is 2.32 bits per heavy atom. The summed E-state index contributed by atoms with van der Waals surface area (Å²) in [4.78, 5) is 28.3. The van der Waals surface area contributed by atoms with Gasteiger partial charge in [-0.1, -0.05) is 23.7 Å². The molecule has 0 aromatic heterocycles. The van der Waals surface area contributed by atoms with Gasteiger partial charge in [-0.15, -0.1) is 0 Å². The summed E-state index contributed by atoms with van der Waals surface area (Å²) in [5.41, 5.74) is 1.78. The predicted molar refractivity (Wildman–Crippen MR) is 108 cm³/mol. The first-order valence-electron chi connectivity index (χ1n) is 8.88. The van der Waals surface area contributed by atoms with E-state index in [0.29, 0.717) is 48.1 Å². The Bertz CT molecular complexity index is 886. The molecule has 0 bridgehead atoms. The van der Waals surface area contributed by atoms with Gasteiger partial charge in [0.25, 0.3) is 0 Å². The first-order valence-corrected chi connectivity index (χ1v) is 9.26. The van der Waals surface area contributed by atoms with Gasteiger partial charge in [-0.3, -0.25) is 9.69 Å². The van der Waals surface area contributed by atoms with Gasteiger partial charge < -0.3 is 15.5 Å². The number of para-hydroxylation sites is 1. The monoisotopic (exact) mass is 397 g/mol. The quantitative estimate of drug-likeness (QED) is 0.830. The van der Waals surface area contributed by atoms with E-state index in [4.69, 9.17) is 16.9 Å². The number of halogens is 1. The van der Waals surface area contributed by atoms with E-state index in [9.17, 15) is 9.59 Å². The van der Waals surface area contributed by atoms with Crippen LogP contribution in [0, 0.1) is 11.3 Å². The van der Waals surface area contributed by atoms with Gasteiger partial charge in [0.2, 0.25) is 5.91 Å². The van der Waals surface area contributed by atoms with Gasteiger partial charge in [-0.25, -0.2) is 4.79 Å². The van der Waals surface area contributed by atoms with Crippen molar-refractivity contribution in [1.29, 1.82) is 5.26 Å². The number of rotatable bonds is 4. The number of carbonyl (C=O) groups is 2. The second kappa shape index (κ2) is 9.22. The van der Waals surface area contributed by atoms with E-state index >= 15 is 0 Å². The van der Waals surface area contributed by atoms with Gasteiger partial charge in [0.05, 0.1) is 28.9 Å². The van der Waals surface area contributed by atoms with Gasteiger partial charge in [0.15, 0.2) is 0 Å². The molecule has 1 fully saturated rings. The smallest absolute Gasteiger partial charge is 0.321 e. The maximum absolute atomic E-state index is 12.4. The summed E-state index contributed by atoms with van der Waals surface area (Å²) in [7, 11) is 0. The molecule has 2 N–H and O–H groups in total. The molecule has 3 amide bonds. The van der Waals surface area contributed by atoms with Crippen LogP contribution in [0.4, 0.5) is 16.2 Å². The molecule has 2 aromatic rings. The minimum Gasteiger partial charge on any atom is -0.324 e. The number of nitriles is 1. The molecule has 144 valence electrons. The fourth-order valence-electron chi connectivity index (χ4n) is 2.90. The van der Waals surface area contributed by atoms with Crippen LogP contribution in [0.1, 0.15) is 5.56 Å². The van der Waals surface area contributed by atoms with Crippen LogP contribution in [0.5, 0.6) is 0 Å². The van der Waals surface area contributed by atoms with E-state index in [-0.39, 0.29) is 18.5 Å². The third kappa shape index (κ3) is 5.22. The highest BCUT2D eigenvalue weighted by Crippen LogP contribution is 2.20. The first kappa shape index (κ1) is 19.7. The van der Waals surface area contributed by atoms with E-state index in [1.54, 1.807) is 47.4 Å². The van der Waals surface area contributed by atoms with Crippen LogP contribution in [0.3, 0.4) is 0 Å². The molecule has 28 heavy (non-hydrogen) atoms. The number of hydrogen-bond acceptors (Lipinski definition) is 4. The molecule has 0 atom stereocenters. The second-order valence-corrected chi connectivity index (χ2v) is 6.82. The van der Waals surface area contributed by atoms with E-state index in [0.717, 1.165) is 0 Å². The summed E-state index contributed by atoms with van der Waals surface area (Å²) >= 11 is 6.05. The normalized spacial score (nSPS) is 14.2. The Morgan fingerprint density at radius 1 is 1.00 bits per heavy atom. The summed E-state index contributed by atoms with van der Waals surface area (Å²) in [6, 6.07) is 15.7. The number of nitrogens with zero attached hydrogens (tertiary/aromatic N) is 3. The van der Waals surface area contributed by atoms with E-state index in [1.807, 2.05) is 17.0 Å². The zero-order chi connectivity index (χ0) is 19.9. The summed E-state index contributed by atoms with van der Waals surface area (Å²) in [5.74, 6) is -0.136. The van der Waals surface area contributed by atoms with Crippen LogP contribution in [-0.4, -0.2) is 54.5 Å². The lowest BCUT2D eigenvalue weighted by Gasteiger charge is -2.34. The topological polar surface area (TPSA) is 88.5 Å². The lowest BCUT2D eigenvalue weighted by atomic mass is 10.2. The number of nitrogens with one attached hydrogen (secondary N) is 2. The molecule has 0 unspecified atom stereocenters. The van der Waals surface area contributed by atoms with Gasteiger partial charge in [0, 0.05) is 31.9 Å². The number of amides is 3. The molecule has 2 aromatic carbocycles. The summed E-state index contributed by atoms with van der Waals surface area (Å²) in [6.07, 6.45) is 0. The lowest BCUT2D eigenvalue weighted by Crippen LogP contribution is -2.51. The van der Waals surface area contributed by atoms with E-state index < -0.39 is 0 Å². The van der Waals surface area contributed by atoms with Crippen molar-refractivity contribution in [2.24, 2.45) is 0 Å². The Hall–Kier alpha value is -3.08. The molecule has 8 heteroatoms. The largest absolute Gasteiger partial charge is 0.324 e. The molecule has 1 heterocycles. The summed E-state index contributed by atoms with van der Waals surface area (Å²) in [5, 5.41) is 14.9. The van der Waals surface area contributed by atoms with Crippen molar-refractivity contribution < 1.29 is 9.59 Å². The molecule has 0 spiro atoms. The van der Waals surface area contributed by atoms with Gasteiger partial charge in [0.1, 0.15) is 0 Å². The Balaban J connectivity index is 1.44. The van der Waals surface area contributed by atoms with Crippen LogP contribution in [0.15, 0.2) is 48.5 Å². The molecule has 0 radical (unpaired) electrons. The van der Waals surface area contributed by atoms with Crippen molar-refractivity contribution in [2.75, 3.05) is 43.4 Å². The average Bonchev–Trinajstić information content (AvgIpc) is 2.71. The molecular formula is C20H20ClN5O2. The number of urea groups is 1. The molecule has 0 saturated carbocycles. The van der Waals surface area contributed by atoms with Crippen molar-refractivity contribution >= 4 is 34.9 Å². The first-order chi connectivity index (χ1) is 13.5. The van der Waals surface area contributed by atoms with Crippen LogP contribution in [-0.2, 0) is 4.79 Å². The van der Waals surface area contributed by atoms with Crippen LogP contribution < -0.4 is 10.6 Å². The maximum Gasteiger partial charge on any atom is 0.321 e. The van der Waals surface area contributed by atoms with Crippen molar-refractivity contribution in [2.45, 2.75) is 0 Å². The lowest BCUT2D eigenvalue weighted by molar-refractivity contribution is -0.117. The molecule has 1 aliphatic heterocycles. The highest BCUT2D eigenvalue weighted by atomic mass is 35.5. The molecular weight excluding hydrogens is 378 g/mol. The molecule has 1 aliphatic rings.